The Morgan fingerprint density at radius 1 is 1.03 bits per heavy atom. The number of anilines is 2. The van der Waals surface area contributed by atoms with Crippen molar-refractivity contribution in [3.8, 4) is 10.6 Å². The number of rotatable bonds is 3. The Hall–Kier alpha value is -3.43. The van der Waals surface area contributed by atoms with Gasteiger partial charge in [0.15, 0.2) is 0 Å². The third-order valence-electron chi connectivity index (χ3n) is 5.92. The fourth-order valence-corrected chi connectivity index (χ4v) is 5.07. The number of hydrogen-bond donors (Lipinski definition) is 1. The standard InChI is InChI=1S/C24H23ClN6O2S/c1-15-5-3-4-6-18(15)22-28-31-21(32)14-20(27-24(31)34-22)29-9-11-30(12-10-29)23(33)26-17-8-7-16(2)19(25)13-17/h3-8,13-14H,9-12H2,1-2H3,(H,26,33). The number of carbonyl (C=O) groups excluding carboxylic acids is 1. The minimum absolute atomic E-state index is 0.173. The van der Waals surface area contributed by atoms with Crippen LogP contribution in [0, 0.1) is 13.8 Å². The highest BCUT2D eigenvalue weighted by Crippen LogP contribution is 2.28. The zero-order valence-electron chi connectivity index (χ0n) is 18.8. The quantitative estimate of drug-likeness (QED) is 0.455. The number of halogens is 1. The summed E-state index contributed by atoms with van der Waals surface area (Å²) >= 11 is 7.55. The van der Waals surface area contributed by atoms with Crippen molar-refractivity contribution < 1.29 is 4.79 Å². The van der Waals surface area contributed by atoms with Crippen LogP contribution in [0.5, 0.6) is 0 Å². The first-order valence-electron chi connectivity index (χ1n) is 10.9. The number of amides is 2. The van der Waals surface area contributed by atoms with Crippen molar-refractivity contribution in [3.05, 3.63) is 75.0 Å². The van der Waals surface area contributed by atoms with Gasteiger partial charge in [-0.05, 0) is 37.1 Å². The van der Waals surface area contributed by atoms with Crippen molar-refractivity contribution in [2.75, 3.05) is 36.4 Å². The fourth-order valence-electron chi connectivity index (χ4n) is 3.89. The first kappa shape index (κ1) is 22.4. The van der Waals surface area contributed by atoms with Gasteiger partial charge in [0, 0.05) is 48.5 Å². The molecule has 1 fully saturated rings. The molecule has 0 saturated carbocycles. The lowest BCUT2D eigenvalue weighted by molar-refractivity contribution is 0.208. The highest BCUT2D eigenvalue weighted by Gasteiger charge is 2.23. The van der Waals surface area contributed by atoms with E-state index in [-0.39, 0.29) is 11.6 Å². The van der Waals surface area contributed by atoms with Crippen LogP contribution in [0.1, 0.15) is 11.1 Å². The minimum atomic E-state index is -0.215. The molecule has 5 rings (SSSR count). The molecule has 34 heavy (non-hydrogen) atoms. The second-order valence-electron chi connectivity index (χ2n) is 8.24. The molecular weight excluding hydrogens is 472 g/mol. The Labute approximate surface area is 205 Å². The normalized spacial score (nSPS) is 14.0. The summed E-state index contributed by atoms with van der Waals surface area (Å²) in [6.07, 6.45) is 0. The zero-order chi connectivity index (χ0) is 23.8. The molecule has 1 saturated heterocycles. The lowest BCUT2D eigenvalue weighted by Gasteiger charge is -2.35. The van der Waals surface area contributed by atoms with Crippen LogP contribution in [-0.2, 0) is 0 Å². The van der Waals surface area contributed by atoms with E-state index in [0.717, 1.165) is 21.7 Å². The van der Waals surface area contributed by atoms with E-state index in [1.165, 1.54) is 21.9 Å². The highest BCUT2D eigenvalue weighted by molar-refractivity contribution is 7.19. The maximum atomic E-state index is 12.8. The van der Waals surface area contributed by atoms with E-state index in [9.17, 15) is 9.59 Å². The van der Waals surface area contributed by atoms with Gasteiger partial charge in [0.1, 0.15) is 10.8 Å². The first-order valence-corrected chi connectivity index (χ1v) is 12.1. The summed E-state index contributed by atoms with van der Waals surface area (Å²) in [5.41, 5.74) is 3.50. The molecular formula is C24H23ClN6O2S. The number of aromatic nitrogens is 3. The maximum absolute atomic E-state index is 12.8. The smallest absolute Gasteiger partial charge is 0.321 e. The largest absolute Gasteiger partial charge is 0.353 e. The van der Waals surface area contributed by atoms with Crippen LogP contribution in [0.3, 0.4) is 0 Å². The Kier molecular flexibility index (Phi) is 5.97. The number of carbonyl (C=O) groups is 1. The van der Waals surface area contributed by atoms with Gasteiger partial charge < -0.3 is 15.1 Å². The third-order valence-corrected chi connectivity index (χ3v) is 7.27. The molecule has 0 spiro atoms. The van der Waals surface area contributed by atoms with Crippen LogP contribution in [-0.4, -0.2) is 51.7 Å². The molecule has 1 aliphatic heterocycles. The summed E-state index contributed by atoms with van der Waals surface area (Å²) in [7, 11) is 0. The van der Waals surface area contributed by atoms with E-state index < -0.39 is 0 Å². The zero-order valence-corrected chi connectivity index (χ0v) is 20.4. The second-order valence-corrected chi connectivity index (χ2v) is 9.60. The number of fused-ring (bicyclic) bond motifs is 1. The van der Waals surface area contributed by atoms with Gasteiger partial charge in [0.2, 0.25) is 4.96 Å². The predicted octanol–water partition coefficient (Wildman–Crippen LogP) is 4.44. The van der Waals surface area contributed by atoms with Crippen molar-refractivity contribution in [3.63, 3.8) is 0 Å². The molecule has 2 aromatic heterocycles. The van der Waals surface area contributed by atoms with E-state index in [2.05, 4.69) is 10.4 Å². The van der Waals surface area contributed by atoms with Crippen LogP contribution in [0.4, 0.5) is 16.3 Å². The van der Waals surface area contributed by atoms with Gasteiger partial charge in [0.25, 0.3) is 5.56 Å². The number of nitrogens with one attached hydrogen (secondary N) is 1. The summed E-state index contributed by atoms with van der Waals surface area (Å²) in [6, 6.07) is 14.7. The van der Waals surface area contributed by atoms with Crippen LogP contribution >= 0.6 is 22.9 Å². The second kappa shape index (κ2) is 9.08. The molecule has 174 valence electrons. The summed E-state index contributed by atoms with van der Waals surface area (Å²) in [5, 5.41) is 8.76. The lowest BCUT2D eigenvalue weighted by Crippen LogP contribution is -2.50. The van der Waals surface area contributed by atoms with Crippen molar-refractivity contribution >= 4 is 45.4 Å². The molecule has 10 heteroatoms. The Balaban J connectivity index is 1.29. The van der Waals surface area contributed by atoms with Gasteiger partial charge >= 0.3 is 6.03 Å². The number of nitrogens with zero attached hydrogens (tertiary/aromatic N) is 5. The first-order chi connectivity index (χ1) is 16.4. The van der Waals surface area contributed by atoms with Gasteiger partial charge in [-0.25, -0.2) is 9.78 Å². The summed E-state index contributed by atoms with van der Waals surface area (Å²) in [6.45, 7) is 6.13. The highest BCUT2D eigenvalue weighted by atomic mass is 35.5. The monoisotopic (exact) mass is 494 g/mol. The predicted molar refractivity (Wildman–Crippen MR) is 136 cm³/mol. The molecule has 2 aromatic carbocycles. The van der Waals surface area contributed by atoms with Crippen molar-refractivity contribution in [2.45, 2.75) is 13.8 Å². The number of hydrogen-bond acceptors (Lipinski definition) is 6. The molecule has 8 nitrogen and oxygen atoms in total. The average Bonchev–Trinajstić information content (AvgIpc) is 3.26. The molecule has 3 heterocycles. The third kappa shape index (κ3) is 4.36. The average molecular weight is 495 g/mol. The van der Waals surface area contributed by atoms with E-state index in [1.54, 1.807) is 11.0 Å². The van der Waals surface area contributed by atoms with Crippen molar-refractivity contribution in [1.29, 1.82) is 0 Å². The van der Waals surface area contributed by atoms with Gasteiger partial charge in [0.05, 0.1) is 0 Å². The molecule has 0 atom stereocenters. The molecule has 0 unspecified atom stereocenters. The summed E-state index contributed by atoms with van der Waals surface area (Å²) in [4.78, 5) is 34.5. The lowest BCUT2D eigenvalue weighted by atomic mass is 10.1. The maximum Gasteiger partial charge on any atom is 0.321 e. The van der Waals surface area contributed by atoms with Crippen LogP contribution in [0.25, 0.3) is 15.5 Å². The fraction of sp³-hybridized carbons (Fsp3) is 0.250. The molecule has 0 bridgehead atoms. The van der Waals surface area contributed by atoms with E-state index >= 15 is 0 Å². The number of aryl methyl sites for hydroxylation is 2. The van der Waals surface area contributed by atoms with E-state index in [0.29, 0.717) is 47.7 Å². The van der Waals surface area contributed by atoms with Crippen LogP contribution < -0.4 is 15.8 Å². The molecule has 1 aliphatic rings. The Bertz CT molecular complexity index is 1440. The molecule has 2 amide bonds. The topological polar surface area (TPSA) is 82.8 Å². The minimum Gasteiger partial charge on any atom is -0.353 e. The summed E-state index contributed by atoms with van der Waals surface area (Å²) < 4.78 is 1.35. The molecule has 4 aromatic rings. The SMILES string of the molecule is Cc1ccc(NC(=O)N2CCN(c3cc(=O)n4nc(-c5ccccc5C)sc4n3)CC2)cc1Cl. The molecule has 0 radical (unpaired) electrons. The number of piperazine rings is 1. The Morgan fingerprint density at radius 2 is 1.79 bits per heavy atom. The van der Waals surface area contributed by atoms with E-state index in [1.807, 2.05) is 55.1 Å². The molecule has 1 N–H and O–H groups in total. The molecule has 0 aliphatic carbocycles. The van der Waals surface area contributed by atoms with Crippen molar-refractivity contribution in [1.82, 2.24) is 19.5 Å². The Morgan fingerprint density at radius 3 is 2.53 bits per heavy atom. The number of benzene rings is 2. The van der Waals surface area contributed by atoms with Gasteiger partial charge in [-0.3, -0.25) is 4.79 Å². The van der Waals surface area contributed by atoms with Gasteiger partial charge in [-0.1, -0.05) is 53.3 Å². The summed E-state index contributed by atoms with van der Waals surface area (Å²) in [5.74, 6) is 0.607. The van der Waals surface area contributed by atoms with Gasteiger partial charge in [-0.15, -0.1) is 0 Å². The number of urea groups is 1. The van der Waals surface area contributed by atoms with Crippen LogP contribution in [0.15, 0.2) is 53.3 Å². The van der Waals surface area contributed by atoms with E-state index in [4.69, 9.17) is 16.6 Å². The van der Waals surface area contributed by atoms with Gasteiger partial charge in [-0.2, -0.15) is 9.61 Å². The van der Waals surface area contributed by atoms with Crippen molar-refractivity contribution in [2.24, 2.45) is 0 Å². The van der Waals surface area contributed by atoms with Crippen LogP contribution in [0.2, 0.25) is 5.02 Å².